The van der Waals surface area contributed by atoms with Gasteiger partial charge in [0.25, 0.3) is 0 Å². The third kappa shape index (κ3) is 3.35. The Balaban J connectivity index is 1.47. The van der Waals surface area contributed by atoms with Gasteiger partial charge in [-0.05, 0) is 36.1 Å². The Morgan fingerprint density at radius 1 is 1.21 bits per heavy atom. The van der Waals surface area contributed by atoms with Gasteiger partial charge in [0.05, 0.1) is 12.0 Å². The van der Waals surface area contributed by atoms with Crippen molar-refractivity contribution in [1.82, 2.24) is 15.3 Å². The number of hydrogen-bond donors (Lipinski definition) is 3. The number of fused-ring (bicyclic) bond motifs is 3. The summed E-state index contributed by atoms with van der Waals surface area (Å²) in [5.74, 6) is 0.409. The van der Waals surface area contributed by atoms with Crippen LogP contribution in [0.1, 0.15) is 37.5 Å². The van der Waals surface area contributed by atoms with Gasteiger partial charge < -0.3 is 16.0 Å². The van der Waals surface area contributed by atoms with E-state index in [4.69, 9.17) is 0 Å². The van der Waals surface area contributed by atoms with Gasteiger partial charge in [0.2, 0.25) is 17.7 Å². The third-order valence-corrected chi connectivity index (χ3v) is 5.42. The van der Waals surface area contributed by atoms with Crippen molar-refractivity contribution < 1.29 is 14.4 Å². The molecule has 2 aliphatic rings. The topological polar surface area (TPSA) is 113 Å². The molecule has 0 radical (unpaired) electrons. The first kappa shape index (κ1) is 19.0. The Morgan fingerprint density at radius 3 is 2.72 bits per heavy atom. The van der Waals surface area contributed by atoms with Crippen molar-refractivity contribution in [1.29, 1.82) is 0 Å². The van der Waals surface area contributed by atoms with Gasteiger partial charge in [-0.25, -0.2) is 9.97 Å². The SMILES string of the molecule is CC(C)(C)C(=O)NCC(=O)Nc1cc2c(cn1)CC1(C2)C(=O)Nc2ncccc21. The number of carbonyl (C=O) groups is 3. The maximum absolute atomic E-state index is 12.7. The van der Waals surface area contributed by atoms with Gasteiger partial charge in [-0.3, -0.25) is 14.4 Å². The number of nitrogens with one attached hydrogen (secondary N) is 3. The first-order valence-electron chi connectivity index (χ1n) is 9.52. The van der Waals surface area contributed by atoms with Crippen molar-refractivity contribution in [3.8, 4) is 0 Å². The van der Waals surface area contributed by atoms with E-state index in [1.807, 2.05) is 12.1 Å². The molecule has 29 heavy (non-hydrogen) atoms. The van der Waals surface area contributed by atoms with Crippen LogP contribution in [0.5, 0.6) is 0 Å². The van der Waals surface area contributed by atoms with Gasteiger partial charge in [-0.2, -0.15) is 0 Å². The van der Waals surface area contributed by atoms with Gasteiger partial charge in [0, 0.05) is 23.4 Å². The lowest BCUT2D eigenvalue weighted by atomic mass is 9.79. The standard InChI is InChI=1S/C21H23N5O3/c1-20(2,3)18(28)24-11-16(27)25-15-7-12-8-21(9-13(12)10-23-15)14-5-4-6-22-17(14)26-19(21)29/h4-7,10H,8-9,11H2,1-3H3,(H,24,28)(H,22,26,29)(H,23,25,27). The van der Waals surface area contributed by atoms with Gasteiger partial charge in [-0.15, -0.1) is 0 Å². The first-order valence-corrected chi connectivity index (χ1v) is 9.52. The highest BCUT2D eigenvalue weighted by molar-refractivity contribution is 6.06. The molecule has 3 amide bonds. The number of aromatic nitrogens is 2. The van der Waals surface area contributed by atoms with Crippen LogP contribution in [0.4, 0.5) is 11.6 Å². The van der Waals surface area contributed by atoms with Crippen LogP contribution in [0.25, 0.3) is 0 Å². The summed E-state index contributed by atoms with van der Waals surface area (Å²) >= 11 is 0. The molecule has 1 aliphatic carbocycles. The van der Waals surface area contributed by atoms with E-state index in [1.165, 1.54) is 0 Å². The molecule has 0 aromatic carbocycles. The van der Waals surface area contributed by atoms with Crippen LogP contribution in [0.3, 0.4) is 0 Å². The van der Waals surface area contributed by atoms with Gasteiger partial charge in [-0.1, -0.05) is 26.8 Å². The number of amides is 3. The van der Waals surface area contributed by atoms with Gasteiger partial charge in [0.1, 0.15) is 11.6 Å². The summed E-state index contributed by atoms with van der Waals surface area (Å²) in [6, 6.07) is 5.56. The monoisotopic (exact) mass is 393 g/mol. The van der Waals surface area contributed by atoms with E-state index in [2.05, 4.69) is 25.9 Å². The largest absolute Gasteiger partial charge is 0.347 e. The zero-order chi connectivity index (χ0) is 20.8. The summed E-state index contributed by atoms with van der Waals surface area (Å²) in [4.78, 5) is 45.4. The van der Waals surface area contributed by atoms with E-state index < -0.39 is 10.8 Å². The van der Waals surface area contributed by atoms with Crippen molar-refractivity contribution in [3.05, 3.63) is 47.3 Å². The molecule has 0 saturated carbocycles. The Hall–Kier alpha value is -3.29. The molecule has 150 valence electrons. The predicted molar refractivity (Wildman–Crippen MR) is 107 cm³/mol. The Morgan fingerprint density at radius 2 is 1.97 bits per heavy atom. The predicted octanol–water partition coefficient (Wildman–Crippen LogP) is 1.57. The van der Waals surface area contributed by atoms with Crippen molar-refractivity contribution in [3.63, 3.8) is 0 Å². The summed E-state index contributed by atoms with van der Waals surface area (Å²) in [6.07, 6.45) is 4.44. The molecule has 0 fully saturated rings. The molecule has 0 saturated heterocycles. The minimum atomic E-state index is -0.670. The molecular weight excluding hydrogens is 370 g/mol. The van der Waals surface area contributed by atoms with Crippen molar-refractivity contribution in [2.24, 2.45) is 5.41 Å². The number of nitrogens with zero attached hydrogens (tertiary/aromatic N) is 2. The van der Waals surface area contributed by atoms with Crippen LogP contribution in [0, 0.1) is 5.41 Å². The molecule has 1 aliphatic heterocycles. The summed E-state index contributed by atoms with van der Waals surface area (Å²) < 4.78 is 0. The maximum atomic E-state index is 12.7. The first-order chi connectivity index (χ1) is 13.7. The molecular formula is C21H23N5O3. The number of carbonyl (C=O) groups excluding carboxylic acids is 3. The zero-order valence-electron chi connectivity index (χ0n) is 16.6. The number of rotatable bonds is 3. The third-order valence-electron chi connectivity index (χ3n) is 5.42. The van der Waals surface area contributed by atoms with E-state index >= 15 is 0 Å². The molecule has 3 heterocycles. The Kier molecular flexibility index (Phi) is 4.37. The average molecular weight is 393 g/mol. The molecule has 8 heteroatoms. The van der Waals surface area contributed by atoms with Gasteiger partial charge in [0.15, 0.2) is 0 Å². The van der Waals surface area contributed by atoms with E-state index in [1.54, 1.807) is 39.2 Å². The second-order valence-electron chi connectivity index (χ2n) is 8.61. The molecule has 4 rings (SSSR count). The second kappa shape index (κ2) is 6.65. The fraction of sp³-hybridized carbons (Fsp3) is 0.381. The number of hydrogen-bond acceptors (Lipinski definition) is 5. The smallest absolute Gasteiger partial charge is 0.244 e. The second-order valence-corrected chi connectivity index (χ2v) is 8.61. The van der Waals surface area contributed by atoms with Crippen LogP contribution in [-0.2, 0) is 32.6 Å². The van der Waals surface area contributed by atoms with Crippen molar-refractivity contribution in [2.75, 3.05) is 17.2 Å². The summed E-state index contributed by atoms with van der Waals surface area (Å²) in [6.45, 7) is 5.22. The minimum absolute atomic E-state index is 0.0575. The highest BCUT2D eigenvalue weighted by Crippen LogP contribution is 2.46. The molecule has 1 unspecified atom stereocenters. The quantitative estimate of drug-likeness (QED) is 0.733. The van der Waals surface area contributed by atoms with E-state index in [-0.39, 0.29) is 24.3 Å². The fourth-order valence-corrected chi connectivity index (χ4v) is 3.83. The van der Waals surface area contributed by atoms with E-state index in [0.29, 0.717) is 24.5 Å². The van der Waals surface area contributed by atoms with Crippen LogP contribution in [-0.4, -0.2) is 34.2 Å². The highest BCUT2D eigenvalue weighted by atomic mass is 16.2. The zero-order valence-corrected chi connectivity index (χ0v) is 16.6. The fourth-order valence-electron chi connectivity index (χ4n) is 3.83. The highest BCUT2D eigenvalue weighted by Gasteiger charge is 2.51. The lowest BCUT2D eigenvalue weighted by molar-refractivity contribution is -0.130. The lowest BCUT2D eigenvalue weighted by Gasteiger charge is -2.20. The Labute approximate surface area is 168 Å². The molecule has 2 aromatic rings. The Bertz CT molecular complexity index is 1030. The van der Waals surface area contributed by atoms with E-state index in [0.717, 1.165) is 16.7 Å². The van der Waals surface area contributed by atoms with Crippen LogP contribution < -0.4 is 16.0 Å². The summed E-state index contributed by atoms with van der Waals surface area (Å²) in [7, 11) is 0. The van der Waals surface area contributed by atoms with Crippen LogP contribution in [0.15, 0.2) is 30.6 Å². The van der Waals surface area contributed by atoms with E-state index in [9.17, 15) is 14.4 Å². The average Bonchev–Trinajstić information content (AvgIpc) is 3.17. The molecule has 3 N–H and O–H groups in total. The molecule has 8 nitrogen and oxygen atoms in total. The molecule has 2 aromatic heterocycles. The maximum Gasteiger partial charge on any atom is 0.244 e. The molecule has 1 spiro atoms. The number of anilines is 2. The van der Waals surface area contributed by atoms with Gasteiger partial charge >= 0.3 is 0 Å². The molecule has 1 atom stereocenters. The van der Waals surface area contributed by atoms with Crippen molar-refractivity contribution >= 4 is 29.4 Å². The molecule has 0 bridgehead atoms. The van der Waals surface area contributed by atoms with Crippen molar-refractivity contribution in [2.45, 2.75) is 39.0 Å². The minimum Gasteiger partial charge on any atom is -0.347 e. The lowest BCUT2D eigenvalue weighted by Crippen LogP contribution is -2.39. The van der Waals surface area contributed by atoms with Crippen LogP contribution in [0.2, 0.25) is 0 Å². The van der Waals surface area contributed by atoms with Crippen LogP contribution >= 0.6 is 0 Å². The summed E-state index contributed by atoms with van der Waals surface area (Å²) in [5, 5.41) is 8.19. The number of pyridine rings is 2. The normalized spacial score (nSPS) is 19.5. The summed E-state index contributed by atoms with van der Waals surface area (Å²) in [5.41, 5.74) is 1.62.